The maximum Gasteiger partial charge on any atom is 0.263 e. The van der Waals surface area contributed by atoms with E-state index in [2.05, 4.69) is 15.0 Å². The van der Waals surface area contributed by atoms with Crippen LogP contribution in [0.5, 0.6) is 0 Å². The second-order valence-corrected chi connectivity index (χ2v) is 8.78. The van der Waals surface area contributed by atoms with Crippen LogP contribution in [0.4, 0.5) is 5.69 Å². The maximum absolute atomic E-state index is 12.8. The van der Waals surface area contributed by atoms with Crippen molar-refractivity contribution in [1.29, 1.82) is 0 Å². The van der Waals surface area contributed by atoms with Crippen molar-refractivity contribution >= 4 is 39.1 Å². The van der Waals surface area contributed by atoms with Gasteiger partial charge in [0.25, 0.3) is 10.0 Å². The van der Waals surface area contributed by atoms with Crippen molar-refractivity contribution in [3.8, 4) is 0 Å². The molecule has 1 aliphatic heterocycles. The second-order valence-electron chi connectivity index (χ2n) is 6.72. The van der Waals surface area contributed by atoms with Gasteiger partial charge in [0.15, 0.2) is 0 Å². The number of halogens is 1. The zero-order valence-corrected chi connectivity index (χ0v) is 16.7. The summed E-state index contributed by atoms with van der Waals surface area (Å²) in [5, 5.41) is 3.36. The second kappa shape index (κ2) is 7.32. The van der Waals surface area contributed by atoms with Crippen LogP contribution in [0.2, 0.25) is 5.02 Å². The van der Waals surface area contributed by atoms with E-state index in [1.807, 2.05) is 26.8 Å². The number of hydrogen-bond donors (Lipinski definition) is 2. The Bertz CT molecular complexity index is 1030. The van der Waals surface area contributed by atoms with Gasteiger partial charge in [-0.3, -0.25) is 14.5 Å². The largest absolute Gasteiger partial charge is 0.324 e. The average Bonchev–Trinajstić information content (AvgIpc) is 2.86. The molecule has 3 rings (SSSR count). The third kappa shape index (κ3) is 3.99. The molecule has 142 valence electrons. The number of sulfonamides is 1. The summed E-state index contributed by atoms with van der Waals surface area (Å²) in [5.41, 5.74) is 1.94. The van der Waals surface area contributed by atoms with Crippen molar-refractivity contribution in [2.75, 3.05) is 5.32 Å². The van der Waals surface area contributed by atoms with Gasteiger partial charge >= 0.3 is 0 Å². The minimum atomic E-state index is -3.65. The number of amides is 1. The van der Waals surface area contributed by atoms with Crippen LogP contribution in [0.25, 0.3) is 0 Å². The number of nitrogens with zero attached hydrogens (tertiary/aromatic N) is 1. The highest BCUT2D eigenvalue weighted by molar-refractivity contribution is 7.90. The van der Waals surface area contributed by atoms with E-state index in [9.17, 15) is 13.2 Å². The lowest BCUT2D eigenvalue weighted by Gasteiger charge is -2.17. The number of fused-ring (bicyclic) bond motifs is 1. The van der Waals surface area contributed by atoms with Gasteiger partial charge in [0.2, 0.25) is 5.91 Å². The minimum absolute atomic E-state index is 0.143. The van der Waals surface area contributed by atoms with Gasteiger partial charge in [0, 0.05) is 16.3 Å². The first kappa shape index (κ1) is 19.4. The lowest BCUT2D eigenvalue weighted by atomic mass is 10.0. The summed E-state index contributed by atoms with van der Waals surface area (Å²) in [5.74, 6) is -0.293. The fraction of sp³-hybridized carbons (Fsp3) is 0.263. The first-order valence-electron chi connectivity index (χ1n) is 8.46. The number of anilines is 1. The zero-order chi connectivity index (χ0) is 19.8. The molecule has 2 aromatic rings. The highest BCUT2D eigenvalue weighted by Crippen LogP contribution is 2.24. The van der Waals surface area contributed by atoms with E-state index in [-0.39, 0.29) is 22.6 Å². The molecular weight excluding hydrogens is 386 g/mol. The van der Waals surface area contributed by atoms with Crippen LogP contribution in [-0.2, 0) is 14.8 Å². The number of aryl methyl sites for hydroxylation is 1. The molecule has 0 fully saturated rings. The Kier molecular flexibility index (Phi) is 5.26. The molecular formula is C19H20ClN3O3S. The Hall–Kier alpha value is -2.38. The van der Waals surface area contributed by atoms with Crippen LogP contribution in [0, 0.1) is 12.8 Å². The van der Waals surface area contributed by atoms with Gasteiger partial charge in [-0.25, -0.2) is 8.42 Å². The van der Waals surface area contributed by atoms with Crippen molar-refractivity contribution in [1.82, 2.24) is 4.72 Å². The summed E-state index contributed by atoms with van der Waals surface area (Å²) in [4.78, 5) is 17.4. The molecule has 0 bridgehead atoms. The molecule has 1 aliphatic rings. The first-order valence-corrected chi connectivity index (χ1v) is 10.3. The lowest BCUT2D eigenvalue weighted by Crippen LogP contribution is -2.34. The highest BCUT2D eigenvalue weighted by atomic mass is 35.5. The first-order chi connectivity index (χ1) is 12.7. The summed E-state index contributed by atoms with van der Waals surface area (Å²) < 4.78 is 26.9. The molecule has 1 atom stereocenters. The predicted octanol–water partition coefficient (Wildman–Crippen LogP) is 3.35. The summed E-state index contributed by atoms with van der Waals surface area (Å²) in [7, 11) is -3.65. The number of amidine groups is 1. The van der Waals surface area contributed by atoms with E-state index < -0.39 is 16.1 Å². The Morgan fingerprint density at radius 3 is 2.56 bits per heavy atom. The summed E-state index contributed by atoms with van der Waals surface area (Å²) in [6, 6.07) is 11.0. The molecule has 1 amide bonds. The van der Waals surface area contributed by atoms with Crippen LogP contribution in [0.15, 0.2) is 52.4 Å². The monoisotopic (exact) mass is 405 g/mol. The van der Waals surface area contributed by atoms with Crippen molar-refractivity contribution in [2.45, 2.75) is 31.7 Å². The van der Waals surface area contributed by atoms with E-state index in [4.69, 9.17) is 11.6 Å². The maximum atomic E-state index is 12.8. The van der Waals surface area contributed by atoms with Gasteiger partial charge < -0.3 is 5.32 Å². The van der Waals surface area contributed by atoms with Gasteiger partial charge in [-0.05, 0) is 42.7 Å². The third-order valence-electron chi connectivity index (χ3n) is 4.27. The smallest absolute Gasteiger partial charge is 0.263 e. The number of carbonyl (C=O) groups is 1. The molecule has 1 heterocycles. The van der Waals surface area contributed by atoms with Gasteiger partial charge in [0.05, 0.1) is 4.90 Å². The Balaban J connectivity index is 1.91. The SMILES string of the molecule is Cc1ccc(NC(=O)[C@@H](N=C2NS(=O)(=O)c3ccccc32)C(C)C)cc1Cl. The molecule has 6 nitrogen and oxygen atoms in total. The van der Waals surface area contributed by atoms with Crippen molar-refractivity contribution < 1.29 is 13.2 Å². The lowest BCUT2D eigenvalue weighted by molar-refractivity contribution is -0.118. The Labute approximate surface area is 163 Å². The molecule has 27 heavy (non-hydrogen) atoms. The van der Waals surface area contributed by atoms with Gasteiger partial charge in [-0.1, -0.05) is 43.6 Å². The van der Waals surface area contributed by atoms with Gasteiger partial charge in [-0.15, -0.1) is 0 Å². The molecule has 0 aliphatic carbocycles. The van der Waals surface area contributed by atoms with Crippen LogP contribution < -0.4 is 10.0 Å². The number of nitrogens with one attached hydrogen (secondary N) is 2. The van der Waals surface area contributed by atoms with E-state index >= 15 is 0 Å². The molecule has 0 saturated carbocycles. The number of rotatable bonds is 4. The van der Waals surface area contributed by atoms with E-state index in [0.717, 1.165) is 5.56 Å². The fourth-order valence-electron chi connectivity index (χ4n) is 2.77. The normalized spacial score (nSPS) is 17.4. The number of carbonyl (C=O) groups excluding carboxylic acids is 1. The van der Waals surface area contributed by atoms with Gasteiger partial charge in [0.1, 0.15) is 11.9 Å². The van der Waals surface area contributed by atoms with Crippen molar-refractivity contribution in [2.24, 2.45) is 10.9 Å². The molecule has 0 spiro atoms. The zero-order valence-electron chi connectivity index (χ0n) is 15.2. The fourth-order valence-corrected chi connectivity index (χ4v) is 4.19. The van der Waals surface area contributed by atoms with Gasteiger partial charge in [-0.2, -0.15) is 0 Å². The van der Waals surface area contributed by atoms with Crippen molar-refractivity contribution in [3.05, 3.63) is 58.6 Å². The third-order valence-corrected chi connectivity index (χ3v) is 6.07. The molecule has 0 unspecified atom stereocenters. The quantitative estimate of drug-likeness (QED) is 0.817. The molecule has 0 radical (unpaired) electrons. The van der Waals surface area contributed by atoms with Crippen LogP contribution in [0.1, 0.15) is 25.0 Å². The standard InChI is InChI=1S/C19H20ClN3O3S/c1-11(2)17(19(24)21-13-9-8-12(3)15(20)10-13)22-18-14-6-4-5-7-16(14)27(25,26)23-18/h4-11,17H,1-3H3,(H,21,24)(H,22,23)/t17-/m0/s1. The van der Waals surface area contributed by atoms with Crippen LogP contribution >= 0.6 is 11.6 Å². The Morgan fingerprint density at radius 1 is 1.19 bits per heavy atom. The van der Waals surface area contributed by atoms with Crippen LogP contribution in [0.3, 0.4) is 0 Å². The van der Waals surface area contributed by atoms with E-state index in [0.29, 0.717) is 16.3 Å². The summed E-state index contributed by atoms with van der Waals surface area (Å²) in [6.45, 7) is 5.58. The molecule has 0 aromatic heterocycles. The number of aliphatic imine (C=N–C) groups is 1. The van der Waals surface area contributed by atoms with Crippen LogP contribution in [-0.4, -0.2) is 26.2 Å². The minimum Gasteiger partial charge on any atom is -0.324 e. The summed E-state index contributed by atoms with van der Waals surface area (Å²) in [6.07, 6.45) is 0. The predicted molar refractivity (Wildman–Crippen MR) is 107 cm³/mol. The molecule has 2 aromatic carbocycles. The number of hydrogen-bond acceptors (Lipinski definition) is 4. The molecule has 8 heteroatoms. The summed E-state index contributed by atoms with van der Waals surface area (Å²) >= 11 is 6.11. The Morgan fingerprint density at radius 2 is 1.89 bits per heavy atom. The van der Waals surface area contributed by atoms with Crippen molar-refractivity contribution in [3.63, 3.8) is 0 Å². The highest BCUT2D eigenvalue weighted by Gasteiger charge is 2.32. The van der Waals surface area contributed by atoms with E-state index in [1.54, 1.807) is 30.3 Å². The average molecular weight is 406 g/mol. The molecule has 0 saturated heterocycles. The van der Waals surface area contributed by atoms with E-state index in [1.165, 1.54) is 6.07 Å². The topological polar surface area (TPSA) is 87.6 Å². The molecule has 2 N–H and O–H groups in total. The number of benzene rings is 2.